The normalized spacial score (nSPS) is 18.8. The average Bonchev–Trinajstić information content (AvgIpc) is 2.59. The molecule has 1 fully saturated rings. The van der Waals surface area contributed by atoms with Gasteiger partial charge in [0.2, 0.25) is 20.0 Å². The number of nitrogens with one attached hydrogen (secondary N) is 2. The molecule has 1 aromatic rings. The number of nitrogens with zero attached hydrogens (tertiary/aromatic N) is 1. The molecule has 9 nitrogen and oxygen atoms in total. The zero-order chi connectivity index (χ0) is 21.1. The number of benzene rings is 1. The molecule has 11 heteroatoms. The topological polar surface area (TPSA) is 122 Å². The van der Waals surface area contributed by atoms with Crippen LogP contribution >= 0.6 is 0 Å². The number of sulfonamides is 2. The van der Waals surface area contributed by atoms with Crippen LogP contribution in [0.2, 0.25) is 0 Å². The van der Waals surface area contributed by atoms with Crippen molar-refractivity contribution in [2.45, 2.75) is 43.7 Å². The van der Waals surface area contributed by atoms with Gasteiger partial charge in [-0.3, -0.25) is 4.79 Å². The molecule has 158 valence electrons. The summed E-state index contributed by atoms with van der Waals surface area (Å²) < 4.78 is 57.5. The first-order valence-electron chi connectivity index (χ1n) is 8.90. The Morgan fingerprint density at radius 3 is 2.50 bits per heavy atom. The monoisotopic (exact) mass is 433 g/mol. The lowest BCUT2D eigenvalue weighted by molar-refractivity contribution is 0.0921. The molecule has 0 spiro atoms. The summed E-state index contributed by atoms with van der Waals surface area (Å²) in [6.45, 7) is 4.01. The van der Waals surface area contributed by atoms with Crippen LogP contribution in [0.25, 0.3) is 0 Å². The minimum Gasteiger partial charge on any atom is -0.495 e. The van der Waals surface area contributed by atoms with Gasteiger partial charge < -0.3 is 10.1 Å². The molecule has 0 aromatic heterocycles. The number of amides is 1. The van der Waals surface area contributed by atoms with E-state index in [4.69, 9.17) is 4.74 Å². The Labute approximate surface area is 166 Å². The summed E-state index contributed by atoms with van der Waals surface area (Å²) in [5, 5.41) is 2.79. The molecular formula is C17H27N3O6S2. The van der Waals surface area contributed by atoms with Crippen molar-refractivity contribution in [3.63, 3.8) is 0 Å². The van der Waals surface area contributed by atoms with E-state index in [1.54, 1.807) is 13.8 Å². The summed E-state index contributed by atoms with van der Waals surface area (Å²) in [6, 6.07) is 3.49. The largest absolute Gasteiger partial charge is 0.495 e. The number of methoxy groups -OCH3 is 1. The molecule has 1 amide bonds. The van der Waals surface area contributed by atoms with Crippen LogP contribution in [0.1, 0.15) is 37.0 Å². The van der Waals surface area contributed by atoms with Gasteiger partial charge in [0.15, 0.2) is 0 Å². The Kier molecular flexibility index (Phi) is 7.07. The van der Waals surface area contributed by atoms with E-state index in [9.17, 15) is 21.6 Å². The molecule has 0 aliphatic carbocycles. The van der Waals surface area contributed by atoms with E-state index in [2.05, 4.69) is 10.0 Å². The molecule has 1 heterocycles. The number of carbonyl (C=O) groups is 1. The van der Waals surface area contributed by atoms with Crippen LogP contribution < -0.4 is 14.8 Å². The maximum Gasteiger partial charge on any atom is 0.251 e. The van der Waals surface area contributed by atoms with Crippen molar-refractivity contribution >= 4 is 26.0 Å². The van der Waals surface area contributed by atoms with Gasteiger partial charge in [0.05, 0.1) is 13.4 Å². The van der Waals surface area contributed by atoms with Gasteiger partial charge in [-0.25, -0.2) is 25.9 Å². The van der Waals surface area contributed by atoms with Crippen molar-refractivity contribution < 1.29 is 26.4 Å². The van der Waals surface area contributed by atoms with E-state index in [1.807, 2.05) is 0 Å². The molecule has 1 aliphatic heterocycles. The Balaban J connectivity index is 2.23. The van der Waals surface area contributed by atoms with E-state index in [1.165, 1.54) is 29.6 Å². The summed E-state index contributed by atoms with van der Waals surface area (Å²) in [7, 11) is -5.84. The van der Waals surface area contributed by atoms with Gasteiger partial charge in [0.1, 0.15) is 10.6 Å². The highest BCUT2D eigenvalue weighted by Gasteiger charge is 2.28. The van der Waals surface area contributed by atoms with Crippen molar-refractivity contribution in [3.8, 4) is 5.75 Å². The van der Waals surface area contributed by atoms with Crippen molar-refractivity contribution in [2.24, 2.45) is 0 Å². The number of rotatable bonds is 7. The van der Waals surface area contributed by atoms with Crippen molar-refractivity contribution in [1.29, 1.82) is 0 Å². The zero-order valence-electron chi connectivity index (χ0n) is 16.4. The standard InChI is InChI=1S/C17H27N3O6S2/c1-12(2)19-28(24,25)16-10-13(7-8-15(16)26-3)17(21)18-14-6-5-9-20(11-14)27(4,22)23/h7-8,10,12,14,19H,5-6,9,11H2,1-4H3,(H,18,21). The number of hydrogen-bond acceptors (Lipinski definition) is 6. The quantitative estimate of drug-likeness (QED) is 0.647. The summed E-state index contributed by atoms with van der Waals surface area (Å²) in [5.41, 5.74) is 0.154. The first-order chi connectivity index (χ1) is 12.9. The Morgan fingerprint density at radius 2 is 1.93 bits per heavy atom. The van der Waals surface area contributed by atoms with Gasteiger partial charge in [0.25, 0.3) is 5.91 Å². The van der Waals surface area contributed by atoms with Crippen molar-refractivity contribution in [3.05, 3.63) is 23.8 Å². The lowest BCUT2D eigenvalue weighted by Gasteiger charge is -2.31. The first kappa shape index (κ1) is 22.6. The summed E-state index contributed by atoms with van der Waals surface area (Å²) in [6.07, 6.45) is 2.42. The van der Waals surface area contributed by atoms with Crippen LogP contribution in [0.3, 0.4) is 0 Å². The van der Waals surface area contributed by atoms with Crippen LogP contribution in [0.4, 0.5) is 0 Å². The molecule has 0 bridgehead atoms. The third kappa shape index (κ3) is 5.66. The van der Waals surface area contributed by atoms with Crippen LogP contribution in [0.15, 0.2) is 23.1 Å². The number of carbonyl (C=O) groups excluding carboxylic acids is 1. The fraction of sp³-hybridized carbons (Fsp3) is 0.588. The Bertz CT molecular complexity index is 928. The molecule has 1 aromatic carbocycles. The second-order valence-electron chi connectivity index (χ2n) is 7.08. The smallest absolute Gasteiger partial charge is 0.251 e. The molecule has 2 rings (SSSR count). The molecule has 1 atom stereocenters. The first-order valence-corrected chi connectivity index (χ1v) is 12.2. The fourth-order valence-electron chi connectivity index (χ4n) is 3.03. The molecule has 2 N–H and O–H groups in total. The van der Waals surface area contributed by atoms with Gasteiger partial charge in [0, 0.05) is 30.7 Å². The Hall–Kier alpha value is -1.69. The van der Waals surface area contributed by atoms with Gasteiger partial charge >= 0.3 is 0 Å². The predicted octanol–water partition coefficient (Wildman–Crippen LogP) is 0.536. The molecular weight excluding hydrogens is 406 g/mol. The van der Waals surface area contributed by atoms with Crippen molar-refractivity contribution in [2.75, 3.05) is 26.5 Å². The highest BCUT2D eigenvalue weighted by Crippen LogP contribution is 2.25. The molecule has 1 aliphatic rings. The van der Waals surface area contributed by atoms with E-state index in [0.717, 1.165) is 6.26 Å². The lowest BCUT2D eigenvalue weighted by atomic mass is 10.1. The number of piperidine rings is 1. The minimum atomic E-state index is -3.86. The minimum absolute atomic E-state index is 0.127. The molecule has 0 radical (unpaired) electrons. The summed E-state index contributed by atoms with van der Waals surface area (Å²) >= 11 is 0. The van der Waals surface area contributed by atoms with Gasteiger partial charge in [-0.15, -0.1) is 0 Å². The highest BCUT2D eigenvalue weighted by molar-refractivity contribution is 7.89. The third-order valence-electron chi connectivity index (χ3n) is 4.29. The maximum atomic E-state index is 12.6. The fourth-order valence-corrected chi connectivity index (χ4v) is 5.39. The van der Waals surface area contributed by atoms with Crippen molar-refractivity contribution in [1.82, 2.24) is 14.3 Å². The lowest BCUT2D eigenvalue weighted by Crippen LogP contribution is -2.49. The van der Waals surface area contributed by atoms with Crippen LogP contribution in [-0.4, -0.2) is 65.6 Å². The zero-order valence-corrected chi connectivity index (χ0v) is 18.1. The van der Waals surface area contributed by atoms with E-state index in [0.29, 0.717) is 19.4 Å². The molecule has 28 heavy (non-hydrogen) atoms. The second kappa shape index (κ2) is 8.76. The van der Waals surface area contributed by atoms with Crippen LogP contribution in [0.5, 0.6) is 5.75 Å². The average molecular weight is 434 g/mol. The molecule has 1 saturated heterocycles. The summed E-state index contributed by atoms with van der Waals surface area (Å²) in [5.74, 6) is -0.338. The van der Waals surface area contributed by atoms with Crippen LogP contribution in [0, 0.1) is 0 Å². The van der Waals surface area contributed by atoms with Gasteiger partial charge in [-0.05, 0) is 44.9 Å². The predicted molar refractivity (Wildman–Crippen MR) is 105 cm³/mol. The highest BCUT2D eigenvalue weighted by atomic mass is 32.2. The third-order valence-corrected chi connectivity index (χ3v) is 7.24. The number of ether oxygens (including phenoxy) is 1. The maximum absolute atomic E-state index is 12.6. The number of hydrogen-bond donors (Lipinski definition) is 2. The van der Waals surface area contributed by atoms with E-state index < -0.39 is 26.0 Å². The SMILES string of the molecule is COc1ccc(C(=O)NC2CCCN(S(C)(=O)=O)C2)cc1S(=O)(=O)NC(C)C. The van der Waals surface area contributed by atoms with E-state index >= 15 is 0 Å². The second-order valence-corrected chi connectivity index (χ2v) is 10.7. The van der Waals surface area contributed by atoms with Gasteiger partial charge in [-0.2, -0.15) is 0 Å². The van der Waals surface area contributed by atoms with Crippen LogP contribution in [-0.2, 0) is 20.0 Å². The molecule has 0 saturated carbocycles. The Morgan fingerprint density at radius 1 is 1.25 bits per heavy atom. The summed E-state index contributed by atoms with van der Waals surface area (Å²) in [4.78, 5) is 12.5. The van der Waals surface area contributed by atoms with E-state index in [-0.39, 0.29) is 34.8 Å². The van der Waals surface area contributed by atoms with Gasteiger partial charge in [-0.1, -0.05) is 0 Å². The molecule has 1 unspecified atom stereocenters.